The molecule has 1 aromatic rings. The predicted octanol–water partition coefficient (Wildman–Crippen LogP) is 5.66. The number of nitrogens with zero attached hydrogens (tertiary/aromatic N) is 2. The van der Waals surface area contributed by atoms with Gasteiger partial charge in [-0.1, -0.05) is 31.0 Å². The van der Waals surface area contributed by atoms with Gasteiger partial charge in [-0.3, -0.25) is 4.90 Å². The highest BCUT2D eigenvalue weighted by molar-refractivity contribution is 5.96. The van der Waals surface area contributed by atoms with Crippen LogP contribution < -0.4 is 5.63 Å². The first-order chi connectivity index (χ1) is 17.8. The molecule has 4 fully saturated rings. The van der Waals surface area contributed by atoms with E-state index in [2.05, 4.69) is 30.0 Å². The van der Waals surface area contributed by atoms with E-state index in [1.807, 2.05) is 6.07 Å². The quantitative estimate of drug-likeness (QED) is 0.410. The molecule has 0 spiro atoms. The van der Waals surface area contributed by atoms with Gasteiger partial charge < -0.3 is 14.4 Å². The lowest BCUT2D eigenvalue weighted by molar-refractivity contribution is -0.176. The Kier molecular flexibility index (Phi) is 6.63. The van der Waals surface area contributed by atoms with E-state index in [1.165, 1.54) is 44.0 Å². The molecule has 6 atom stereocenters. The van der Waals surface area contributed by atoms with E-state index >= 15 is 0 Å². The van der Waals surface area contributed by atoms with Gasteiger partial charge in [-0.25, -0.2) is 4.79 Å². The second kappa shape index (κ2) is 9.68. The number of hydrogen-bond donors (Lipinski definition) is 1. The van der Waals surface area contributed by atoms with Crippen molar-refractivity contribution in [2.24, 2.45) is 27.8 Å². The van der Waals surface area contributed by atoms with Crippen molar-refractivity contribution >= 4 is 5.71 Å². The molecule has 0 aromatic carbocycles. The minimum atomic E-state index is -0.669. The molecule has 6 rings (SSSR count). The second-order valence-electron chi connectivity index (χ2n) is 13.0. The maximum absolute atomic E-state index is 12.4. The Bertz CT molecular complexity index is 1100. The molecule has 1 aromatic heterocycles. The molecular weight excluding hydrogens is 464 g/mol. The molecule has 0 bridgehead atoms. The summed E-state index contributed by atoms with van der Waals surface area (Å²) in [6.45, 7) is 8.78. The monoisotopic (exact) mass is 508 g/mol. The van der Waals surface area contributed by atoms with E-state index in [0.29, 0.717) is 18.4 Å². The lowest BCUT2D eigenvalue weighted by Crippen LogP contribution is -2.60. The van der Waals surface area contributed by atoms with Crippen LogP contribution >= 0.6 is 0 Å². The number of fused-ring (bicyclic) bond motifs is 5. The molecule has 0 amide bonds. The van der Waals surface area contributed by atoms with E-state index in [1.54, 1.807) is 6.26 Å². The van der Waals surface area contributed by atoms with Gasteiger partial charge in [-0.15, -0.1) is 0 Å². The third-order valence-electron chi connectivity index (χ3n) is 11.4. The van der Waals surface area contributed by atoms with Gasteiger partial charge in [0.1, 0.15) is 6.61 Å². The zero-order chi connectivity index (χ0) is 25.7. The molecule has 202 valence electrons. The van der Waals surface area contributed by atoms with Crippen molar-refractivity contribution in [3.8, 4) is 0 Å². The minimum absolute atomic E-state index is 0.129. The number of piperidine rings is 1. The highest BCUT2D eigenvalue weighted by atomic mass is 16.6. The fourth-order valence-electron chi connectivity index (χ4n) is 9.20. The third kappa shape index (κ3) is 4.23. The van der Waals surface area contributed by atoms with Crippen molar-refractivity contribution in [1.82, 2.24) is 4.90 Å². The molecule has 1 saturated heterocycles. The summed E-state index contributed by atoms with van der Waals surface area (Å²) in [6, 6.07) is 3.44. The highest BCUT2D eigenvalue weighted by Gasteiger charge is 2.66. The van der Waals surface area contributed by atoms with Crippen molar-refractivity contribution in [2.75, 3.05) is 26.2 Å². The lowest BCUT2D eigenvalue weighted by Gasteiger charge is -2.61. The van der Waals surface area contributed by atoms with Crippen molar-refractivity contribution in [2.45, 2.75) is 96.0 Å². The highest BCUT2D eigenvalue weighted by Crippen LogP contribution is 2.69. The fourth-order valence-corrected chi connectivity index (χ4v) is 9.20. The van der Waals surface area contributed by atoms with E-state index in [9.17, 15) is 9.90 Å². The van der Waals surface area contributed by atoms with Crippen molar-refractivity contribution in [3.05, 3.63) is 46.0 Å². The maximum Gasteiger partial charge on any atom is 0.335 e. The number of allylic oxidation sites excluding steroid dienone is 2. The lowest BCUT2D eigenvalue weighted by atomic mass is 9.45. The molecule has 5 aliphatic rings. The molecule has 6 nitrogen and oxygen atoms in total. The number of hydrogen-bond acceptors (Lipinski definition) is 6. The average Bonchev–Trinajstić information content (AvgIpc) is 3.19. The molecule has 3 saturated carbocycles. The van der Waals surface area contributed by atoms with Crippen LogP contribution in [0.25, 0.3) is 0 Å². The van der Waals surface area contributed by atoms with Gasteiger partial charge in [0, 0.05) is 18.0 Å². The minimum Gasteiger partial charge on any atom is -0.431 e. The van der Waals surface area contributed by atoms with Gasteiger partial charge in [0.25, 0.3) is 0 Å². The van der Waals surface area contributed by atoms with Gasteiger partial charge in [0.05, 0.1) is 17.6 Å². The Morgan fingerprint density at radius 3 is 2.68 bits per heavy atom. The molecule has 0 radical (unpaired) electrons. The SMILES string of the molecule is C[C@]12CCC(=NOCCN3CCCCC3)C=C1CCC1C2CC[C@]2(C)[C@@H](c3ccc(=O)oc3)CC[C@]12O. The largest absolute Gasteiger partial charge is 0.431 e. The van der Waals surface area contributed by atoms with Crippen molar-refractivity contribution in [3.63, 3.8) is 0 Å². The van der Waals surface area contributed by atoms with Gasteiger partial charge in [-0.2, -0.15) is 0 Å². The van der Waals surface area contributed by atoms with Crippen LogP contribution in [0.5, 0.6) is 0 Å². The Balaban J connectivity index is 1.16. The second-order valence-corrected chi connectivity index (χ2v) is 13.0. The zero-order valence-corrected chi connectivity index (χ0v) is 22.7. The molecule has 1 N–H and O–H groups in total. The maximum atomic E-state index is 12.4. The molecular formula is C31H44N2O4. The Morgan fingerprint density at radius 2 is 1.89 bits per heavy atom. The van der Waals surface area contributed by atoms with E-state index in [4.69, 9.17) is 9.25 Å². The van der Waals surface area contributed by atoms with E-state index in [-0.39, 0.29) is 22.4 Å². The molecule has 4 aliphatic carbocycles. The normalized spacial score (nSPS) is 41.0. The Hall–Kier alpha value is -1.92. The summed E-state index contributed by atoms with van der Waals surface area (Å²) in [5.74, 6) is 1.05. The summed E-state index contributed by atoms with van der Waals surface area (Å²) in [5.41, 5.74) is 2.65. The first-order valence-corrected chi connectivity index (χ1v) is 14.8. The van der Waals surface area contributed by atoms with Gasteiger partial charge >= 0.3 is 5.63 Å². The predicted molar refractivity (Wildman–Crippen MR) is 145 cm³/mol. The third-order valence-corrected chi connectivity index (χ3v) is 11.4. The summed E-state index contributed by atoms with van der Waals surface area (Å²) in [5, 5.41) is 17.0. The standard InChI is InChI=1S/C31H44N2O4/c1-29-13-10-24(32-37-19-18-33-16-4-3-5-17-33)20-23(29)7-8-27-26(29)11-14-30(2)25(12-15-31(27,30)35)22-6-9-28(34)36-21-22/h6,9,20-21,25-27,35H,3-5,7-8,10-19H2,1-2H3/t25-,26?,27?,29+,30-,31+/m1/s1. The molecule has 1 aliphatic heterocycles. The van der Waals surface area contributed by atoms with Crippen LogP contribution in [0.15, 0.2) is 44.4 Å². The van der Waals surface area contributed by atoms with Gasteiger partial charge in [-0.05, 0) is 118 Å². The summed E-state index contributed by atoms with van der Waals surface area (Å²) >= 11 is 0. The van der Waals surface area contributed by atoms with Crippen molar-refractivity contribution < 1.29 is 14.4 Å². The molecule has 37 heavy (non-hydrogen) atoms. The molecule has 2 unspecified atom stereocenters. The van der Waals surface area contributed by atoms with Gasteiger partial charge in [0.15, 0.2) is 0 Å². The zero-order valence-electron chi connectivity index (χ0n) is 22.7. The van der Waals surface area contributed by atoms with Crippen LogP contribution in [0.4, 0.5) is 0 Å². The first-order valence-electron chi connectivity index (χ1n) is 14.8. The van der Waals surface area contributed by atoms with Crippen LogP contribution in [0.3, 0.4) is 0 Å². The van der Waals surface area contributed by atoms with Gasteiger partial charge in [0.2, 0.25) is 0 Å². The summed E-state index contributed by atoms with van der Waals surface area (Å²) in [6.07, 6.45) is 16.0. The number of likely N-dealkylation sites (tertiary alicyclic amines) is 1. The Labute approximate surface area is 221 Å². The van der Waals surface area contributed by atoms with E-state index in [0.717, 1.165) is 69.2 Å². The first kappa shape index (κ1) is 25.4. The number of oxime groups is 1. The Morgan fingerprint density at radius 1 is 1.05 bits per heavy atom. The molecule has 6 heteroatoms. The summed E-state index contributed by atoms with van der Waals surface area (Å²) in [4.78, 5) is 19.8. The van der Waals surface area contributed by atoms with Crippen molar-refractivity contribution in [1.29, 1.82) is 0 Å². The van der Waals surface area contributed by atoms with Crippen LogP contribution in [0, 0.1) is 22.7 Å². The van der Waals surface area contributed by atoms with Crippen LogP contribution in [-0.4, -0.2) is 47.6 Å². The summed E-state index contributed by atoms with van der Waals surface area (Å²) in [7, 11) is 0. The van der Waals surface area contributed by atoms with Crippen LogP contribution in [0.1, 0.15) is 96.0 Å². The fraction of sp³-hybridized carbons (Fsp3) is 0.742. The number of aliphatic hydroxyl groups is 1. The molecule has 2 heterocycles. The van der Waals surface area contributed by atoms with Crippen LogP contribution in [-0.2, 0) is 4.84 Å². The van der Waals surface area contributed by atoms with Crippen LogP contribution in [0.2, 0.25) is 0 Å². The smallest absolute Gasteiger partial charge is 0.335 e. The van der Waals surface area contributed by atoms with E-state index < -0.39 is 5.60 Å². The number of rotatable bonds is 5. The summed E-state index contributed by atoms with van der Waals surface area (Å²) < 4.78 is 5.23. The average molecular weight is 509 g/mol. The topological polar surface area (TPSA) is 75.3 Å².